The predicted molar refractivity (Wildman–Crippen MR) is 89.3 cm³/mol. The maximum Gasteiger partial charge on any atom is 0.243 e. The van der Waals surface area contributed by atoms with Gasteiger partial charge >= 0.3 is 0 Å². The quantitative estimate of drug-likeness (QED) is 0.856. The number of nitrogens with zero attached hydrogens (tertiary/aromatic N) is 1. The summed E-state index contributed by atoms with van der Waals surface area (Å²) >= 11 is 3.34. The number of hydrogen-bond donors (Lipinski definition) is 1. The number of nitrogens with one attached hydrogen (secondary N) is 1. The largest absolute Gasteiger partial charge is 0.311 e. The van der Waals surface area contributed by atoms with Crippen molar-refractivity contribution < 1.29 is 8.42 Å². The third kappa shape index (κ3) is 3.45. The van der Waals surface area contributed by atoms with Gasteiger partial charge < -0.3 is 5.32 Å². The van der Waals surface area contributed by atoms with Crippen LogP contribution in [-0.2, 0) is 10.0 Å². The minimum atomic E-state index is -3.40. The highest BCUT2D eigenvalue weighted by Crippen LogP contribution is 2.32. The van der Waals surface area contributed by atoms with E-state index in [-0.39, 0.29) is 18.4 Å². The van der Waals surface area contributed by atoms with E-state index < -0.39 is 10.0 Å². The summed E-state index contributed by atoms with van der Waals surface area (Å²) in [6, 6.07) is 8.00. The fourth-order valence-electron chi connectivity index (χ4n) is 3.31. The first-order valence-corrected chi connectivity index (χ1v) is 9.20. The number of hydrogen-bond acceptors (Lipinski definition) is 3. The maximum atomic E-state index is 12.7. The van der Waals surface area contributed by atoms with Crippen LogP contribution in [0.15, 0.2) is 33.6 Å². The van der Waals surface area contributed by atoms with Crippen LogP contribution in [0.4, 0.5) is 0 Å². The first-order valence-electron chi connectivity index (χ1n) is 6.96. The van der Waals surface area contributed by atoms with Crippen LogP contribution in [0.3, 0.4) is 0 Å². The van der Waals surface area contributed by atoms with Crippen molar-refractivity contribution >= 4 is 38.4 Å². The summed E-state index contributed by atoms with van der Waals surface area (Å²) in [7, 11) is -1.69. The fraction of sp³-hybridized carbons (Fsp3) is 0.571. The molecule has 0 amide bonds. The molecule has 2 bridgehead atoms. The van der Waals surface area contributed by atoms with E-state index in [9.17, 15) is 8.42 Å². The molecule has 7 heteroatoms. The summed E-state index contributed by atoms with van der Waals surface area (Å²) in [6.45, 7) is 0. The van der Waals surface area contributed by atoms with E-state index in [1.807, 2.05) is 6.07 Å². The van der Waals surface area contributed by atoms with Crippen molar-refractivity contribution in [2.75, 3.05) is 7.05 Å². The van der Waals surface area contributed by atoms with Crippen LogP contribution < -0.4 is 5.32 Å². The molecule has 2 atom stereocenters. The number of benzene rings is 1. The van der Waals surface area contributed by atoms with Gasteiger partial charge in [0.15, 0.2) is 0 Å². The Morgan fingerprint density at radius 1 is 1.24 bits per heavy atom. The van der Waals surface area contributed by atoms with Gasteiger partial charge in [-0.15, -0.1) is 12.4 Å². The molecule has 2 aliphatic heterocycles. The molecule has 1 aromatic carbocycles. The molecule has 21 heavy (non-hydrogen) atoms. The van der Waals surface area contributed by atoms with Crippen LogP contribution in [0, 0.1) is 0 Å². The second kappa shape index (κ2) is 6.54. The van der Waals surface area contributed by atoms with E-state index in [1.165, 1.54) is 12.8 Å². The Balaban J connectivity index is 0.00000161. The number of fused-ring (bicyclic) bond motifs is 2. The Bertz CT molecular complexity index is 599. The van der Waals surface area contributed by atoms with Gasteiger partial charge in [-0.05, 0) is 43.9 Å². The summed E-state index contributed by atoms with van der Waals surface area (Å²) in [4.78, 5) is 0.361. The molecule has 1 N–H and O–H groups in total. The molecule has 118 valence electrons. The van der Waals surface area contributed by atoms with Crippen LogP contribution in [0.25, 0.3) is 0 Å². The molecule has 3 rings (SSSR count). The highest BCUT2D eigenvalue weighted by molar-refractivity contribution is 9.10. The minimum Gasteiger partial charge on any atom is -0.311 e. The zero-order valence-corrected chi connectivity index (χ0v) is 15.0. The summed E-state index contributed by atoms with van der Waals surface area (Å²) in [6.07, 6.45) is 4.18. The molecule has 2 fully saturated rings. The Hall–Kier alpha value is -0.140. The van der Waals surface area contributed by atoms with Gasteiger partial charge in [0.05, 0.1) is 4.90 Å². The molecule has 0 spiro atoms. The van der Waals surface area contributed by atoms with Crippen molar-refractivity contribution in [1.82, 2.24) is 9.62 Å². The normalized spacial score (nSPS) is 28.4. The number of sulfonamides is 1. The van der Waals surface area contributed by atoms with E-state index in [2.05, 4.69) is 21.2 Å². The zero-order valence-electron chi connectivity index (χ0n) is 11.8. The second-order valence-corrected chi connectivity index (χ2v) is 8.65. The Kier molecular flexibility index (Phi) is 5.36. The smallest absolute Gasteiger partial charge is 0.243 e. The fourth-order valence-corrected chi connectivity index (χ4v) is 5.29. The van der Waals surface area contributed by atoms with Crippen molar-refractivity contribution in [2.45, 2.75) is 48.7 Å². The SMILES string of the molecule is CN(C1CC2CCC(C1)N2)S(=O)(=O)c1cccc(Br)c1.Cl. The van der Waals surface area contributed by atoms with E-state index in [0.29, 0.717) is 17.0 Å². The van der Waals surface area contributed by atoms with Crippen molar-refractivity contribution in [2.24, 2.45) is 0 Å². The first-order chi connectivity index (χ1) is 9.46. The van der Waals surface area contributed by atoms with Crippen LogP contribution >= 0.6 is 28.3 Å². The van der Waals surface area contributed by atoms with Crippen LogP contribution in [-0.4, -0.2) is 37.9 Å². The summed E-state index contributed by atoms with van der Waals surface area (Å²) in [5, 5.41) is 3.55. The Labute approximate surface area is 140 Å². The van der Waals surface area contributed by atoms with Crippen LogP contribution in [0.1, 0.15) is 25.7 Å². The van der Waals surface area contributed by atoms with Gasteiger partial charge in [0, 0.05) is 29.6 Å². The summed E-state index contributed by atoms with van der Waals surface area (Å²) in [5.74, 6) is 0. The number of halogens is 2. The lowest BCUT2D eigenvalue weighted by molar-refractivity contribution is 0.251. The molecule has 2 unspecified atom stereocenters. The van der Waals surface area contributed by atoms with E-state index in [4.69, 9.17) is 0 Å². The predicted octanol–water partition coefficient (Wildman–Crippen LogP) is 2.77. The van der Waals surface area contributed by atoms with Gasteiger partial charge in [0.1, 0.15) is 0 Å². The summed E-state index contributed by atoms with van der Waals surface area (Å²) in [5.41, 5.74) is 0. The lowest BCUT2D eigenvalue weighted by Crippen LogP contribution is -2.48. The first kappa shape index (κ1) is 17.2. The Morgan fingerprint density at radius 3 is 2.43 bits per heavy atom. The second-order valence-electron chi connectivity index (χ2n) is 5.74. The van der Waals surface area contributed by atoms with Gasteiger partial charge in [0.25, 0.3) is 0 Å². The molecule has 0 saturated carbocycles. The summed E-state index contributed by atoms with van der Waals surface area (Å²) < 4.78 is 27.8. The molecular weight excluding hydrogens is 376 g/mol. The van der Waals surface area contributed by atoms with Crippen LogP contribution in [0.5, 0.6) is 0 Å². The van der Waals surface area contributed by atoms with E-state index in [0.717, 1.165) is 17.3 Å². The highest BCUT2D eigenvalue weighted by Gasteiger charge is 2.38. The number of piperidine rings is 1. The molecule has 2 heterocycles. The molecule has 2 aliphatic rings. The minimum absolute atomic E-state index is 0. The third-order valence-electron chi connectivity index (χ3n) is 4.44. The molecule has 0 radical (unpaired) electrons. The highest BCUT2D eigenvalue weighted by atomic mass is 79.9. The topological polar surface area (TPSA) is 49.4 Å². The lowest BCUT2D eigenvalue weighted by Gasteiger charge is -2.34. The third-order valence-corrected chi connectivity index (χ3v) is 6.83. The van der Waals surface area contributed by atoms with Crippen molar-refractivity contribution in [3.63, 3.8) is 0 Å². The maximum absolute atomic E-state index is 12.7. The Morgan fingerprint density at radius 2 is 1.86 bits per heavy atom. The lowest BCUT2D eigenvalue weighted by atomic mass is 10.0. The van der Waals surface area contributed by atoms with Crippen LogP contribution in [0.2, 0.25) is 0 Å². The van der Waals surface area contributed by atoms with E-state index in [1.54, 1.807) is 29.6 Å². The van der Waals surface area contributed by atoms with Gasteiger partial charge in [-0.25, -0.2) is 8.42 Å². The van der Waals surface area contributed by atoms with Gasteiger partial charge in [-0.2, -0.15) is 4.31 Å². The standard InChI is InChI=1S/C14H19BrN2O2S.ClH/c1-17(13-8-11-5-6-12(9-13)16-11)20(18,19)14-4-2-3-10(15)7-14;/h2-4,7,11-13,16H,5-6,8-9H2,1H3;1H. The van der Waals surface area contributed by atoms with E-state index >= 15 is 0 Å². The molecule has 4 nitrogen and oxygen atoms in total. The van der Waals surface area contributed by atoms with Crippen molar-refractivity contribution in [3.05, 3.63) is 28.7 Å². The average Bonchev–Trinajstić information content (AvgIpc) is 2.76. The number of rotatable bonds is 3. The van der Waals surface area contributed by atoms with Crippen molar-refractivity contribution in [3.8, 4) is 0 Å². The molecule has 1 aromatic rings. The van der Waals surface area contributed by atoms with Crippen molar-refractivity contribution in [1.29, 1.82) is 0 Å². The molecule has 0 aliphatic carbocycles. The monoisotopic (exact) mass is 394 g/mol. The molecular formula is C14H20BrClN2O2S. The average molecular weight is 396 g/mol. The zero-order chi connectivity index (χ0) is 14.3. The molecule has 2 saturated heterocycles. The molecule has 0 aromatic heterocycles. The van der Waals surface area contributed by atoms with Gasteiger partial charge in [-0.1, -0.05) is 22.0 Å². The van der Waals surface area contributed by atoms with Gasteiger partial charge in [-0.3, -0.25) is 0 Å². The van der Waals surface area contributed by atoms with Gasteiger partial charge in [0.2, 0.25) is 10.0 Å².